The molecule has 1 saturated heterocycles. The number of aliphatic hydroxyl groups excluding tert-OH is 1. The van der Waals surface area contributed by atoms with E-state index in [4.69, 9.17) is 39.5 Å². The molecule has 184 valence electrons. The van der Waals surface area contributed by atoms with Crippen molar-refractivity contribution in [3.63, 3.8) is 0 Å². The summed E-state index contributed by atoms with van der Waals surface area (Å²) in [6.07, 6.45) is 2.10. The number of hydrogen-bond donors (Lipinski definition) is 4. The summed E-state index contributed by atoms with van der Waals surface area (Å²) in [5.41, 5.74) is 6.95. The van der Waals surface area contributed by atoms with Gasteiger partial charge in [0.25, 0.3) is 0 Å². The van der Waals surface area contributed by atoms with E-state index in [9.17, 15) is 4.39 Å². The van der Waals surface area contributed by atoms with Crippen LogP contribution in [0.2, 0.25) is 10.0 Å². The van der Waals surface area contributed by atoms with Gasteiger partial charge in [-0.25, -0.2) is 9.37 Å². The molecule has 1 aromatic heterocycles. The Morgan fingerprint density at radius 3 is 2.76 bits per heavy atom. The maximum Gasteiger partial charge on any atom is 0.194 e. The third kappa shape index (κ3) is 5.58. The van der Waals surface area contributed by atoms with E-state index in [0.717, 1.165) is 31.8 Å². The molecule has 1 atom stereocenters. The molecular weight excluding hydrogens is 482 g/mol. The van der Waals surface area contributed by atoms with Crippen molar-refractivity contribution in [2.45, 2.75) is 37.8 Å². The predicted octanol–water partition coefficient (Wildman–Crippen LogP) is 2.42. The van der Waals surface area contributed by atoms with Crippen LogP contribution in [0.15, 0.2) is 17.1 Å². The van der Waals surface area contributed by atoms with E-state index < -0.39 is 5.82 Å². The zero-order chi connectivity index (χ0) is 24.2. The van der Waals surface area contributed by atoms with Gasteiger partial charge < -0.3 is 21.1 Å². The van der Waals surface area contributed by atoms with Crippen molar-refractivity contribution in [3.8, 4) is 0 Å². The van der Waals surface area contributed by atoms with Crippen LogP contribution in [-0.4, -0.2) is 87.0 Å². The predicted molar refractivity (Wildman–Crippen MR) is 130 cm³/mol. The molecule has 1 unspecified atom stereocenters. The smallest absolute Gasteiger partial charge is 0.194 e. The van der Waals surface area contributed by atoms with Gasteiger partial charge in [0.1, 0.15) is 17.5 Å². The van der Waals surface area contributed by atoms with Gasteiger partial charge in [-0.05, 0) is 38.1 Å². The Bertz CT molecular complexity index is 1050. The molecule has 0 aliphatic carbocycles. The molecular formula is C22H29Cl2FN8O. The molecule has 0 spiro atoms. The Morgan fingerprint density at radius 2 is 2.03 bits per heavy atom. The molecule has 12 heteroatoms. The molecule has 2 aliphatic rings. The zero-order valence-electron chi connectivity index (χ0n) is 18.8. The van der Waals surface area contributed by atoms with Crippen LogP contribution >= 0.6 is 23.2 Å². The lowest BCUT2D eigenvalue weighted by molar-refractivity contribution is 0.163. The zero-order valence-corrected chi connectivity index (χ0v) is 20.3. The number of hydrogen-bond acceptors (Lipinski definition) is 8. The summed E-state index contributed by atoms with van der Waals surface area (Å²) in [5.74, 6) is 1.25. The molecule has 34 heavy (non-hydrogen) atoms. The summed E-state index contributed by atoms with van der Waals surface area (Å²) in [6.45, 7) is 4.01. The number of likely N-dealkylation sites (tertiary alicyclic amines) is 1. The maximum absolute atomic E-state index is 14.0. The van der Waals surface area contributed by atoms with Crippen LogP contribution in [0.5, 0.6) is 0 Å². The SMILES string of the molecule is N=C(CC1C(N)=NCCN1Cc1c(Cl)ccc(F)c1Cl)c1n[nH]c(C2CCN(CCO)CC2)n1. The van der Waals surface area contributed by atoms with Crippen molar-refractivity contribution >= 4 is 34.7 Å². The van der Waals surface area contributed by atoms with Gasteiger partial charge in [-0.1, -0.05) is 23.2 Å². The molecule has 3 heterocycles. The lowest BCUT2D eigenvalue weighted by Crippen LogP contribution is -2.50. The van der Waals surface area contributed by atoms with Crippen LogP contribution in [-0.2, 0) is 6.54 Å². The molecule has 5 N–H and O–H groups in total. The number of β-amino-alcohol motifs (C(OH)–C–C–N with tert-alkyl or cyclic N) is 1. The summed E-state index contributed by atoms with van der Waals surface area (Å²) in [7, 11) is 0. The fourth-order valence-corrected chi connectivity index (χ4v) is 5.03. The Hall–Kier alpha value is -2.11. The summed E-state index contributed by atoms with van der Waals surface area (Å²) >= 11 is 12.5. The minimum atomic E-state index is -0.528. The van der Waals surface area contributed by atoms with Gasteiger partial charge in [0.05, 0.1) is 29.9 Å². The molecule has 2 aliphatic heterocycles. The summed E-state index contributed by atoms with van der Waals surface area (Å²) < 4.78 is 14.0. The van der Waals surface area contributed by atoms with E-state index in [0.29, 0.717) is 41.9 Å². The van der Waals surface area contributed by atoms with Crippen molar-refractivity contribution in [2.24, 2.45) is 10.7 Å². The first kappa shape index (κ1) is 25.0. The average molecular weight is 511 g/mol. The first-order valence-corrected chi connectivity index (χ1v) is 12.1. The minimum absolute atomic E-state index is 0.00828. The third-order valence-corrected chi connectivity index (χ3v) is 7.29. The van der Waals surface area contributed by atoms with Crippen LogP contribution < -0.4 is 5.73 Å². The molecule has 0 radical (unpaired) electrons. The van der Waals surface area contributed by atoms with Crippen LogP contribution in [0.3, 0.4) is 0 Å². The second-order valence-electron chi connectivity index (χ2n) is 8.68. The second kappa shape index (κ2) is 11.1. The number of piperidine rings is 1. The molecule has 0 saturated carbocycles. The van der Waals surface area contributed by atoms with Crippen molar-refractivity contribution < 1.29 is 9.50 Å². The molecule has 4 rings (SSSR count). The van der Waals surface area contributed by atoms with E-state index in [1.165, 1.54) is 12.1 Å². The number of amidine groups is 1. The number of nitrogens with one attached hydrogen (secondary N) is 2. The standard InChI is InChI=1S/C22H29Cl2FN8O/c23-15-1-2-16(25)19(24)14(15)12-33-8-5-28-20(27)18(33)11-17(26)22-29-21(30-31-22)13-3-6-32(7-4-13)9-10-34/h1-2,13,18,26,34H,3-12H2,(H2,27,28)(H,29,30,31). The molecule has 9 nitrogen and oxygen atoms in total. The van der Waals surface area contributed by atoms with Gasteiger partial charge in [-0.2, -0.15) is 5.10 Å². The van der Waals surface area contributed by atoms with Gasteiger partial charge in [0, 0.05) is 42.6 Å². The topological polar surface area (TPSA) is 131 Å². The fourth-order valence-electron chi connectivity index (χ4n) is 4.54. The Kier molecular flexibility index (Phi) is 8.15. The van der Waals surface area contributed by atoms with E-state index in [1.807, 2.05) is 4.90 Å². The average Bonchev–Trinajstić information content (AvgIpc) is 3.32. The van der Waals surface area contributed by atoms with Crippen molar-refractivity contribution in [3.05, 3.63) is 45.2 Å². The largest absolute Gasteiger partial charge is 0.395 e. The highest BCUT2D eigenvalue weighted by Crippen LogP contribution is 2.30. The number of halogens is 3. The number of aromatic amines is 1. The van der Waals surface area contributed by atoms with E-state index in [2.05, 4.69) is 25.1 Å². The van der Waals surface area contributed by atoms with Crippen molar-refractivity contribution in [2.75, 3.05) is 39.3 Å². The molecule has 2 aromatic rings. The molecule has 1 fully saturated rings. The number of H-pyrrole nitrogens is 1. The Labute approximate surface area is 207 Å². The molecule has 1 aromatic carbocycles. The van der Waals surface area contributed by atoms with E-state index >= 15 is 0 Å². The number of rotatable bonds is 8. The lowest BCUT2D eigenvalue weighted by atomic mass is 9.96. The Balaban J connectivity index is 1.44. The number of nitrogens with two attached hydrogens (primary N) is 1. The van der Waals surface area contributed by atoms with E-state index in [1.54, 1.807) is 0 Å². The Morgan fingerprint density at radius 1 is 1.26 bits per heavy atom. The van der Waals surface area contributed by atoms with Gasteiger partial charge in [-0.3, -0.25) is 15.0 Å². The maximum atomic E-state index is 14.0. The monoisotopic (exact) mass is 510 g/mol. The number of nitrogens with zero attached hydrogens (tertiary/aromatic N) is 5. The highest BCUT2D eigenvalue weighted by molar-refractivity contribution is 6.36. The number of aliphatic hydroxyl groups is 1. The van der Waals surface area contributed by atoms with Crippen LogP contribution in [0.1, 0.15) is 42.4 Å². The summed E-state index contributed by atoms with van der Waals surface area (Å²) in [4.78, 5) is 13.2. The summed E-state index contributed by atoms with van der Waals surface area (Å²) in [6, 6.07) is 2.35. The first-order chi connectivity index (χ1) is 16.4. The van der Waals surface area contributed by atoms with Crippen LogP contribution in [0.4, 0.5) is 4.39 Å². The third-order valence-electron chi connectivity index (χ3n) is 6.52. The van der Waals surface area contributed by atoms with Gasteiger partial charge in [0.15, 0.2) is 5.82 Å². The number of benzene rings is 1. The quantitative estimate of drug-likeness (QED) is 0.318. The lowest BCUT2D eigenvalue weighted by Gasteiger charge is -2.34. The van der Waals surface area contributed by atoms with Gasteiger partial charge in [-0.15, -0.1) is 0 Å². The highest BCUT2D eigenvalue weighted by atomic mass is 35.5. The first-order valence-electron chi connectivity index (χ1n) is 11.4. The van der Waals surface area contributed by atoms with Gasteiger partial charge in [0.2, 0.25) is 0 Å². The van der Waals surface area contributed by atoms with Gasteiger partial charge >= 0.3 is 0 Å². The second-order valence-corrected chi connectivity index (χ2v) is 9.47. The summed E-state index contributed by atoms with van der Waals surface area (Å²) in [5, 5.41) is 25.4. The van der Waals surface area contributed by atoms with Crippen molar-refractivity contribution in [1.29, 1.82) is 5.41 Å². The number of aliphatic imine (C=N–C) groups is 1. The molecule has 0 bridgehead atoms. The number of aromatic nitrogens is 3. The van der Waals surface area contributed by atoms with Crippen LogP contribution in [0.25, 0.3) is 0 Å². The normalized spacial score (nSPS) is 20.5. The highest BCUT2D eigenvalue weighted by Gasteiger charge is 2.30. The fraction of sp³-hybridized carbons (Fsp3) is 0.545. The minimum Gasteiger partial charge on any atom is -0.395 e. The van der Waals surface area contributed by atoms with Crippen LogP contribution in [0, 0.1) is 11.2 Å². The molecule has 0 amide bonds. The van der Waals surface area contributed by atoms with Crippen molar-refractivity contribution in [1.82, 2.24) is 25.0 Å². The van der Waals surface area contributed by atoms with E-state index in [-0.39, 0.29) is 42.3 Å².